The fourth-order valence-corrected chi connectivity index (χ4v) is 14.0. The summed E-state index contributed by atoms with van der Waals surface area (Å²) in [4.78, 5) is 39.0. The zero-order chi connectivity index (χ0) is 21.1. The molecule has 166 valence electrons. The number of rotatable bonds is 6. The van der Waals surface area contributed by atoms with Gasteiger partial charge in [0.15, 0.2) is 0 Å². The van der Waals surface area contributed by atoms with Crippen molar-refractivity contribution in [2.75, 3.05) is 0 Å². The first-order chi connectivity index (χ1) is 14.2. The van der Waals surface area contributed by atoms with Gasteiger partial charge in [-0.15, -0.1) is 0 Å². The van der Waals surface area contributed by atoms with Crippen molar-refractivity contribution in [3.05, 3.63) is 0 Å². The van der Waals surface area contributed by atoms with Crippen molar-refractivity contribution in [3.8, 4) is 0 Å². The van der Waals surface area contributed by atoms with E-state index in [0.717, 1.165) is 32.1 Å². The Hall–Kier alpha value is -0.210. The molecule has 0 aromatic heterocycles. The van der Waals surface area contributed by atoms with Gasteiger partial charge in [-0.2, -0.15) is 0 Å². The summed E-state index contributed by atoms with van der Waals surface area (Å²) in [6.45, 7) is 3.94. The molecule has 7 atom stereocenters. The maximum atomic E-state index is 13.3. The van der Waals surface area contributed by atoms with E-state index in [1.165, 1.54) is 0 Å². The fraction of sp³-hybridized carbons (Fsp3) is 0.850. The monoisotopic (exact) mass is 644 g/mol. The average molecular weight is 644 g/mol. The second-order valence-corrected chi connectivity index (χ2v) is 16.2. The molecule has 0 amide bonds. The Morgan fingerprint density at radius 2 is 1.97 bits per heavy atom. The molecule has 30 heavy (non-hydrogen) atoms. The third-order valence-corrected chi connectivity index (χ3v) is 15.4. The minimum atomic E-state index is -1.32. The van der Waals surface area contributed by atoms with Crippen LogP contribution in [0, 0.1) is 23.7 Å². The standard InChI is InChI=1S/C20H26I2N2O6/c1-3-19(6-4-5-7-19)30-16(26)12-10-8-9-11(12)15(25)28-13(9)14(10)29-17(27)18(2,21)20-22(23-20)24-20/h9-14,23-24H,3-8H2,1-2H3. The van der Waals surface area contributed by atoms with Crippen LogP contribution in [0.3, 0.4) is 0 Å². The molecule has 6 rings (SSSR count). The summed E-state index contributed by atoms with van der Waals surface area (Å²) >= 11 is 0.841. The predicted molar refractivity (Wildman–Crippen MR) is 121 cm³/mol. The van der Waals surface area contributed by atoms with Crippen LogP contribution in [0.4, 0.5) is 0 Å². The van der Waals surface area contributed by atoms with E-state index in [0.29, 0.717) is 6.42 Å². The fourth-order valence-electron chi connectivity index (χ4n) is 6.25. The number of fused-ring (bicyclic) bond motifs is 2. The van der Waals surface area contributed by atoms with E-state index in [1.807, 2.05) is 6.92 Å². The Balaban J connectivity index is 1.23. The second-order valence-electron chi connectivity index (χ2n) is 9.69. The molecule has 3 saturated carbocycles. The van der Waals surface area contributed by atoms with Crippen LogP contribution < -0.4 is 7.06 Å². The first-order valence-corrected chi connectivity index (χ1v) is 15.1. The van der Waals surface area contributed by atoms with Gasteiger partial charge in [0.05, 0.1) is 0 Å². The van der Waals surface area contributed by atoms with Gasteiger partial charge in [0.25, 0.3) is 0 Å². The number of ether oxygens (including phenoxy) is 3. The van der Waals surface area contributed by atoms with Crippen LogP contribution in [0.1, 0.15) is 52.4 Å². The summed E-state index contributed by atoms with van der Waals surface area (Å²) in [5.74, 6) is -2.21. The van der Waals surface area contributed by atoms with Gasteiger partial charge in [-0.05, 0) is 0 Å². The molecule has 3 saturated heterocycles. The van der Waals surface area contributed by atoms with Crippen LogP contribution >= 0.6 is 43.0 Å². The molecule has 8 nitrogen and oxygen atoms in total. The van der Waals surface area contributed by atoms with E-state index in [9.17, 15) is 14.4 Å². The molecule has 0 radical (unpaired) electrons. The molecule has 0 aromatic rings. The Morgan fingerprint density at radius 1 is 1.30 bits per heavy atom. The first-order valence-electron chi connectivity index (χ1n) is 10.8. The van der Waals surface area contributed by atoms with Crippen LogP contribution in [0.5, 0.6) is 0 Å². The number of carbonyl (C=O) groups excluding carboxylic acids is 3. The summed E-state index contributed by atoms with van der Waals surface area (Å²) in [7, 11) is 0. The van der Waals surface area contributed by atoms with Crippen LogP contribution in [0.15, 0.2) is 0 Å². The number of esters is 3. The molecule has 3 aliphatic heterocycles. The summed E-state index contributed by atoms with van der Waals surface area (Å²) < 4.78 is 23.5. The molecule has 6 aliphatic rings. The molecule has 7 unspecified atom stereocenters. The van der Waals surface area contributed by atoms with Crippen LogP contribution in [-0.2, 0) is 28.6 Å². The van der Waals surface area contributed by atoms with Crippen molar-refractivity contribution >= 4 is 60.9 Å². The number of carbonyl (C=O) groups is 3. The van der Waals surface area contributed by atoms with Crippen molar-refractivity contribution in [2.24, 2.45) is 23.7 Å². The molecule has 0 spiro atoms. The Bertz CT molecular complexity index is 837. The molecule has 0 aromatic carbocycles. The van der Waals surface area contributed by atoms with Gasteiger partial charge < -0.3 is 0 Å². The van der Waals surface area contributed by atoms with E-state index in [1.54, 1.807) is 0 Å². The average Bonchev–Trinajstić information content (AvgIpc) is 3.32. The topological polar surface area (TPSA) is 123 Å². The third kappa shape index (κ3) is 2.59. The van der Waals surface area contributed by atoms with Gasteiger partial charge in [0.1, 0.15) is 0 Å². The number of halogens is 2. The Morgan fingerprint density at radius 3 is 2.57 bits per heavy atom. The zero-order valence-corrected chi connectivity index (χ0v) is 21.2. The number of hydrogen-bond acceptors (Lipinski definition) is 8. The molecule has 6 fully saturated rings. The van der Waals surface area contributed by atoms with Gasteiger partial charge >= 0.3 is 197 Å². The van der Waals surface area contributed by atoms with Crippen LogP contribution in [0.25, 0.3) is 0 Å². The summed E-state index contributed by atoms with van der Waals surface area (Å²) in [6, 6.07) is 0. The molecule has 10 heteroatoms. The minimum absolute atomic E-state index is 0.0564. The van der Waals surface area contributed by atoms with Gasteiger partial charge in [-0.1, -0.05) is 0 Å². The van der Waals surface area contributed by atoms with Gasteiger partial charge in [0.2, 0.25) is 0 Å². The molecule has 3 heterocycles. The number of nitrogens with one attached hydrogen (secondary N) is 2. The Labute approximate surface area is 196 Å². The van der Waals surface area contributed by atoms with E-state index in [2.05, 4.69) is 36.6 Å². The zero-order valence-electron chi connectivity index (χ0n) is 16.9. The molecular formula is C20H26I2N2O6. The van der Waals surface area contributed by atoms with Crippen LogP contribution in [-0.4, -0.2) is 42.8 Å². The van der Waals surface area contributed by atoms with Crippen molar-refractivity contribution in [2.45, 2.75) is 77.3 Å². The van der Waals surface area contributed by atoms with Crippen molar-refractivity contribution in [1.29, 1.82) is 0 Å². The maximum absolute atomic E-state index is 13.3. The Kier molecular flexibility index (Phi) is 4.37. The number of alkyl halides is 2. The normalized spacial score (nSPS) is 43.6. The molecular weight excluding hydrogens is 618 g/mol. The summed E-state index contributed by atoms with van der Waals surface area (Å²) in [5, 5.41) is 0. The van der Waals surface area contributed by atoms with Gasteiger partial charge in [-0.25, -0.2) is 0 Å². The van der Waals surface area contributed by atoms with Crippen molar-refractivity contribution in [3.63, 3.8) is 0 Å². The molecule has 3 aliphatic carbocycles. The second kappa shape index (κ2) is 6.43. The number of hydrogen-bond donors (Lipinski definition) is 2. The first kappa shape index (κ1) is 20.4. The van der Waals surface area contributed by atoms with Gasteiger partial charge in [0, 0.05) is 0 Å². The van der Waals surface area contributed by atoms with Crippen molar-refractivity contribution < 1.29 is 28.6 Å². The van der Waals surface area contributed by atoms with E-state index >= 15 is 0 Å². The molecule has 2 N–H and O–H groups in total. The summed E-state index contributed by atoms with van der Waals surface area (Å²) in [5.41, 5.74) is -0.400. The van der Waals surface area contributed by atoms with E-state index in [-0.39, 0.29) is 33.4 Å². The van der Waals surface area contributed by atoms with E-state index in [4.69, 9.17) is 14.2 Å². The van der Waals surface area contributed by atoms with Crippen molar-refractivity contribution in [1.82, 2.24) is 7.06 Å². The third-order valence-electron chi connectivity index (χ3n) is 8.23. The van der Waals surface area contributed by atoms with Crippen LogP contribution in [0.2, 0.25) is 0 Å². The van der Waals surface area contributed by atoms with Gasteiger partial charge in [-0.3, -0.25) is 0 Å². The predicted octanol–water partition coefficient (Wildman–Crippen LogP) is 2.36. The quantitative estimate of drug-likeness (QED) is 0.0861. The molecule has 2 bridgehead atoms. The summed E-state index contributed by atoms with van der Waals surface area (Å²) in [6.07, 6.45) is 4.37. The SMILES string of the molecule is CCC1(OC(=O)C2C3CC4C(OC(=O)C42)C3OC(=O)C(C)(I)C23NI2N3)CCCC1. The van der Waals surface area contributed by atoms with E-state index < -0.39 is 53.4 Å².